The molecule has 2 atom stereocenters. The molecule has 0 fully saturated rings. The van der Waals surface area contributed by atoms with Crippen molar-refractivity contribution < 1.29 is 18.7 Å². The molecule has 4 rings (SSSR count). The molecule has 3 aromatic rings. The Labute approximate surface area is 199 Å². The second-order valence-electron chi connectivity index (χ2n) is 9.46. The van der Waals surface area contributed by atoms with Crippen LogP contribution in [0.2, 0.25) is 0 Å². The first-order chi connectivity index (χ1) is 16.2. The third-order valence-corrected chi connectivity index (χ3v) is 5.84. The normalized spacial score (nSPS) is 14.8. The van der Waals surface area contributed by atoms with Crippen LogP contribution in [0.5, 0.6) is 0 Å². The largest absolute Gasteiger partial charge is 0.444 e. The molecule has 3 aromatic carbocycles. The van der Waals surface area contributed by atoms with Crippen LogP contribution >= 0.6 is 0 Å². The molecule has 6 heteroatoms. The van der Waals surface area contributed by atoms with E-state index in [0.717, 1.165) is 40.6 Å². The molecule has 0 aliphatic carbocycles. The summed E-state index contributed by atoms with van der Waals surface area (Å²) in [6, 6.07) is 21.0. The van der Waals surface area contributed by atoms with E-state index >= 15 is 0 Å². The molecule has 34 heavy (non-hydrogen) atoms. The third kappa shape index (κ3) is 5.28. The van der Waals surface area contributed by atoms with Gasteiger partial charge >= 0.3 is 6.09 Å². The zero-order valence-electron chi connectivity index (χ0n) is 19.6. The lowest BCUT2D eigenvalue weighted by Crippen LogP contribution is -2.48. The predicted molar refractivity (Wildman–Crippen MR) is 131 cm³/mol. The smallest absolute Gasteiger partial charge is 0.408 e. The summed E-state index contributed by atoms with van der Waals surface area (Å²) in [4.78, 5) is 27.0. The second kappa shape index (κ2) is 9.67. The Kier molecular flexibility index (Phi) is 6.68. The number of amides is 1. The number of ether oxygens (including phenoxy) is 1. The Balaban J connectivity index is 1.71. The molecule has 1 N–H and O–H groups in total. The minimum absolute atomic E-state index is 0.280. The number of alkyl carbamates (subject to hydrolysis) is 1. The first-order valence-electron chi connectivity index (χ1n) is 11.4. The lowest BCUT2D eigenvalue weighted by atomic mass is 9.97. The number of aldehydes is 1. The van der Waals surface area contributed by atoms with E-state index in [1.165, 1.54) is 12.1 Å². The van der Waals surface area contributed by atoms with Crippen molar-refractivity contribution in [3.8, 4) is 11.1 Å². The molecule has 1 aliphatic rings. The number of carbonyl (C=O) groups excluding carboxylic acids is 2. The first-order valence-corrected chi connectivity index (χ1v) is 11.4. The van der Waals surface area contributed by atoms with Gasteiger partial charge in [-0.2, -0.15) is 0 Å². The van der Waals surface area contributed by atoms with Crippen molar-refractivity contribution in [3.63, 3.8) is 0 Å². The van der Waals surface area contributed by atoms with Crippen LogP contribution in [-0.2, 0) is 16.0 Å². The van der Waals surface area contributed by atoms with Gasteiger partial charge in [0.25, 0.3) is 0 Å². The van der Waals surface area contributed by atoms with Crippen molar-refractivity contribution >= 4 is 18.1 Å². The monoisotopic (exact) mass is 460 g/mol. The minimum atomic E-state index is -0.822. The Morgan fingerprint density at radius 3 is 2.35 bits per heavy atom. The fraction of sp³-hybridized carbons (Fsp3) is 0.286. The summed E-state index contributed by atoms with van der Waals surface area (Å²) in [5, 5.41) is 2.77. The van der Waals surface area contributed by atoms with E-state index in [-0.39, 0.29) is 5.82 Å². The highest BCUT2D eigenvalue weighted by Crippen LogP contribution is 2.39. The topological polar surface area (TPSA) is 58.6 Å². The number of nitrogens with one attached hydrogen (secondary N) is 1. The van der Waals surface area contributed by atoms with Gasteiger partial charge in [-0.15, -0.1) is 0 Å². The van der Waals surface area contributed by atoms with Crippen LogP contribution in [0.4, 0.5) is 14.9 Å². The van der Waals surface area contributed by atoms with Crippen LogP contribution in [0.15, 0.2) is 72.8 Å². The highest BCUT2D eigenvalue weighted by Gasteiger charge is 2.35. The SMILES string of the molecule is CC(C)(C)OC(=O)NC(C=O)C(c1ccccc1)N1CCc2ccc(-c3ccc(F)cc3)cc21. The van der Waals surface area contributed by atoms with E-state index in [0.29, 0.717) is 6.54 Å². The van der Waals surface area contributed by atoms with E-state index in [1.54, 1.807) is 32.9 Å². The molecular weight excluding hydrogens is 431 g/mol. The van der Waals surface area contributed by atoms with Crippen LogP contribution in [0.1, 0.15) is 37.9 Å². The molecule has 176 valence electrons. The maximum atomic E-state index is 13.4. The molecule has 5 nitrogen and oxygen atoms in total. The summed E-state index contributed by atoms with van der Waals surface area (Å²) < 4.78 is 18.8. The Morgan fingerprint density at radius 1 is 1.03 bits per heavy atom. The van der Waals surface area contributed by atoms with Gasteiger partial charge in [-0.3, -0.25) is 0 Å². The second-order valence-corrected chi connectivity index (χ2v) is 9.46. The van der Waals surface area contributed by atoms with Gasteiger partial charge in [0.1, 0.15) is 23.7 Å². The molecule has 0 radical (unpaired) electrons. The lowest BCUT2D eigenvalue weighted by Gasteiger charge is -2.35. The maximum Gasteiger partial charge on any atom is 0.408 e. The lowest BCUT2D eigenvalue weighted by molar-refractivity contribution is -0.110. The predicted octanol–water partition coefficient (Wildman–Crippen LogP) is 5.69. The average molecular weight is 461 g/mol. The molecular formula is C28H29FN2O3. The molecule has 0 spiro atoms. The quantitative estimate of drug-likeness (QED) is 0.480. The molecule has 2 unspecified atom stereocenters. The van der Waals surface area contributed by atoms with Gasteiger partial charge in [-0.05, 0) is 67.6 Å². The summed E-state index contributed by atoms with van der Waals surface area (Å²) in [6.07, 6.45) is 0.953. The Hall–Kier alpha value is -3.67. The summed E-state index contributed by atoms with van der Waals surface area (Å²) in [7, 11) is 0. The molecule has 1 amide bonds. The van der Waals surface area contributed by atoms with Crippen LogP contribution in [0.3, 0.4) is 0 Å². The number of fused-ring (bicyclic) bond motifs is 1. The zero-order valence-corrected chi connectivity index (χ0v) is 19.6. The highest BCUT2D eigenvalue weighted by atomic mass is 19.1. The van der Waals surface area contributed by atoms with Crippen molar-refractivity contribution in [1.29, 1.82) is 0 Å². The van der Waals surface area contributed by atoms with Crippen LogP contribution < -0.4 is 10.2 Å². The van der Waals surface area contributed by atoms with E-state index < -0.39 is 23.8 Å². The van der Waals surface area contributed by atoms with E-state index in [1.807, 2.05) is 36.4 Å². The molecule has 0 bridgehead atoms. The Morgan fingerprint density at radius 2 is 1.71 bits per heavy atom. The summed E-state index contributed by atoms with van der Waals surface area (Å²) in [5.74, 6) is -0.280. The van der Waals surface area contributed by atoms with Crippen LogP contribution in [0, 0.1) is 5.82 Å². The van der Waals surface area contributed by atoms with E-state index in [4.69, 9.17) is 4.74 Å². The number of carbonyl (C=O) groups is 2. The van der Waals surface area contributed by atoms with Crippen LogP contribution in [0.25, 0.3) is 11.1 Å². The van der Waals surface area contributed by atoms with Gasteiger partial charge in [0.15, 0.2) is 0 Å². The fourth-order valence-electron chi connectivity index (χ4n) is 4.38. The van der Waals surface area contributed by atoms with E-state index in [2.05, 4.69) is 22.3 Å². The van der Waals surface area contributed by atoms with Crippen LogP contribution in [-0.4, -0.2) is 30.6 Å². The number of hydrogen-bond donors (Lipinski definition) is 1. The van der Waals surface area contributed by atoms with Gasteiger partial charge in [0.05, 0.1) is 6.04 Å². The highest BCUT2D eigenvalue weighted by molar-refractivity contribution is 5.77. The first kappa shape index (κ1) is 23.5. The molecule has 1 heterocycles. The summed E-state index contributed by atoms with van der Waals surface area (Å²) in [5.41, 5.74) is 4.26. The van der Waals surface area contributed by atoms with Gasteiger partial charge in [0.2, 0.25) is 0 Å². The number of rotatable bonds is 6. The number of benzene rings is 3. The third-order valence-electron chi connectivity index (χ3n) is 5.84. The number of anilines is 1. The number of nitrogens with zero attached hydrogens (tertiary/aromatic N) is 1. The fourth-order valence-corrected chi connectivity index (χ4v) is 4.38. The van der Waals surface area contributed by atoms with Gasteiger partial charge in [0, 0.05) is 12.2 Å². The summed E-state index contributed by atoms with van der Waals surface area (Å²) >= 11 is 0. The maximum absolute atomic E-state index is 13.4. The van der Waals surface area contributed by atoms with Crippen molar-refractivity contribution in [2.45, 2.75) is 44.9 Å². The van der Waals surface area contributed by atoms with Crippen molar-refractivity contribution in [2.75, 3.05) is 11.4 Å². The van der Waals surface area contributed by atoms with Gasteiger partial charge in [-0.25, -0.2) is 9.18 Å². The molecule has 1 aliphatic heterocycles. The van der Waals surface area contributed by atoms with Crippen molar-refractivity contribution in [1.82, 2.24) is 5.32 Å². The number of hydrogen-bond acceptors (Lipinski definition) is 4. The van der Waals surface area contributed by atoms with Gasteiger partial charge in [-0.1, -0.05) is 54.6 Å². The molecule has 0 aromatic heterocycles. The summed E-state index contributed by atoms with van der Waals surface area (Å²) in [6.45, 7) is 6.04. The molecule has 0 saturated heterocycles. The number of halogens is 1. The minimum Gasteiger partial charge on any atom is -0.444 e. The Bertz CT molecular complexity index is 1160. The van der Waals surface area contributed by atoms with Crippen molar-refractivity contribution in [3.05, 3.63) is 89.7 Å². The van der Waals surface area contributed by atoms with E-state index in [9.17, 15) is 14.0 Å². The van der Waals surface area contributed by atoms with Crippen molar-refractivity contribution in [2.24, 2.45) is 0 Å². The zero-order chi connectivity index (χ0) is 24.3. The average Bonchev–Trinajstić information content (AvgIpc) is 3.21. The standard InChI is InChI=1S/C28H29FN2O3/c1-28(2,3)34-27(33)30-24(18-32)26(21-7-5-4-6-8-21)31-16-15-20-9-10-22(17-25(20)31)19-11-13-23(29)14-12-19/h4-14,17-18,24,26H,15-16H2,1-3H3,(H,30,33). The van der Waals surface area contributed by atoms with Gasteiger partial charge < -0.3 is 19.7 Å². The molecule has 0 saturated carbocycles.